The van der Waals surface area contributed by atoms with Crippen LogP contribution in [0.15, 0.2) is 91.3 Å². The zero-order valence-electron chi connectivity index (χ0n) is 23.1. The molecule has 0 amide bonds. The molecule has 0 aliphatic heterocycles. The van der Waals surface area contributed by atoms with Gasteiger partial charge in [0.1, 0.15) is 5.75 Å². The Morgan fingerprint density at radius 3 is 2.36 bits per heavy atom. The standard InChI is InChI=1S/C34H37NO4/c1-4-10-33(36)39-35-24-31(30-12-7-8-13-32(30)35)34(37)28-18-20-29(21-19-28)38-22-9-5-6-11-26-14-16-27(17-15-26)23-25(2)3/h7-9,12-22,24-25H,4-6,10-11,23H2,1-3H3/b22-9+. The molecular weight excluding hydrogens is 486 g/mol. The van der Waals surface area contributed by atoms with Crippen LogP contribution in [0.1, 0.15) is 73.5 Å². The van der Waals surface area contributed by atoms with Crippen molar-refractivity contribution < 1.29 is 19.2 Å². The molecule has 0 radical (unpaired) electrons. The zero-order chi connectivity index (χ0) is 27.6. The van der Waals surface area contributed by atoms with Crippen LogP contribution >= 0.6 is 0 Å². The molecule has 0 saturated carbocycles. The molecule has 3 aromatic carbocycles. The molecule has 0 fully saturated rings. The summed E-state index contributed by atoms with van der Waals surface area (Å²) < 4.78 is 7.13. The number of unbranched alkanes of at least 4 members (excludes halogenated alkanes) is 1. The highest BCUT2D eigenvalue weighted by atomic mass is 16.7. The van der Waals surface area contributed by atoms with E-state index in [9.17, 15) is 9.59 Å². The molecule has 0 spiro atoms. The van der Waals surface area contributed by atoms with E-state index in [1.165, 1.54) is 15.9 Å². The van der Waals surface area contributed by atoms with Gasteiger partial charge in [0.25, 0.3) is 0 Å². The van der Waals surface area contributed by atoms with Gasteiger partial charge in [-0.05, 0) is 85.6 Å². The molecule has 202 valence electrons. The molecule has 0 aliphatic carbocycles. The number of allylic oxidation sites excluding steroid dienone is 1. The van der Waals surface area contributed by atoms with Crippen molar-refractivity contribution in [2.75, 3.05) is 0 Å². The molecule has 39 heavy (non-hydrogen) atoms. The van der Waals surface area contributed by atoms with Gasteiger partial charge in [0.05, 0.1) is 23.5 Å². The topological polar surface area (TPSA) is 57.5 Å². The summed E-state index contributed by atoms with van der Waals surface area (Å²) in [5, 5.41) is 0.738. The predicted molar refractivity (Wildman–Crippen MR) is 156 cm³/mol. The zero-order valence-corrected chi connectivity index (χ0v) is 23.1. The summed E-state index contributed by atoms with van der Waals surface area (Å²) in [7, 11) is 0. The Labute approximate surface area is 231 Å². The van der Waals surface area contributed by atoms with Gasteiger partial charge in [0, 0.05) is 17.4 Å². The van der Waals surface area contributed by atoms with Gasteiger partial charge in [-0.2, -0.15) is 4.73 Å². The third-order valence-electron chi connectivity index (χ3n) is 6.50. The van der Waals surface area contributed by atoms with Crippen LogP contribution in [-0.2, 0) is 17.6 Å². The van der Waals surface area contributed by atoms with E-state index in [0.29, 0.717) is 41.2 Å². The number of ether oxygens (including phenoxy) is 1. The van der Waals surface area contributed by atoms with E-state index in [0.717, 1.165) is 31.1 Å². The number of benzene rings is 3. The highest BCUT2D eigenvalue weighted by molar-refractivity contribution is 6.16. The lowest BCUT2D eigenvalue weighted by atomic mass is 10.0. The van der Waals surface area contributed by atoms with Gasteiger partial charge in [-0.3, -0.25) is 4.79 Å². The molecule has 1 aromatic heterocycles. The van der Waals surface area contributed by atoms with E-state index >= 15 is 0 Å². The first-order chi connectivity index (χ1) is 18.9. The molecule has 0 atom stereocenters. The Morgan fingerprint density at radius 2 is 1.64 bits per heavy atom. The SMILES string of the molecule is CCCC(=O)On1cc(C(=O)c2ccc(O/C=C/CCCc3ccc(CC(C)C)cc3)cc2)c2ccccc21. The lowest BCUT2D eigenvalue weighted by Crippen LogP contribution is -2.18. The fourth-order valence-electron chi connectivity index (χ4n) is 4.54. The average Bonchev–Trinajstić information content (AvgIpc) is 3.29. The van der Waals surface area contributed by atoms with Crippen LogP contribution in [0.2, 0.25) is 0 Å². The predicted octanol–water partition coefficient (Wildman–Crippen LogP) is 7.74. The Balaban J connectivity index is 1.30. The summed E-state index contributed by atoms with van der Waals surface area (Å²) in [6.45, 7) is 6.40. The Hall–Kier alpha value is -4.12. The van der Waals surface area contributed by atoms with Crippen LogP contribution in [0.3, 0.4) is 0 Å². The van der Waals surface area contributed by atoms with E-state index in [2.05, 4.69) is 38.1 Å². The van der Waals surface area contributed by atoms with Crippen molar-refractivity contribution in [2.24, 2.45) is 5.92 Å². The fourth-order valence-corrected chi connectivity index (χ4v) is 4.54. The number of para-hydroxylation sites is 1. The minimum atomic E-state index is -0.331. The highest BCUT2D eigenvalue weighted by Crippen LogP contribution is 2.24. The van der Waals surface area contributed by atoms with E-state index in [4.69, 9.17) is 9.57 Å². The minimum absolute atomic E-state index is 0.143. The smallest absolute Gasteiger partial charge is 0.332 e. The molecule has 5 heteroatoms. The summed E-state index contributed by atoms with van der Waals surface area (Å²) in [4.78, 5) is 30.8. The van der Waals surface area contributed by atoms with Crippen molar-refractivity contribution in [2.45, 2.75) is 59.3 Å². The number of rotatable bonds is 13. The van der Waals surface area contributed by atoms with Crippen LogP contribution in [0.4, 0.5) is 0 Å². The van der Waals surface area contributed by atoms with Crippen LogP contribution in [-0.4, -0.2) is 16.5 Å². The summed E-state index contributed by atoms with van der Waals surface area (Å²) in [6.07, 6.45) is 10.5. The maximum Gasteiger partial charge on any atom is 0.332 e. The van der Waals surface area contributed by atoms with Crippen LogP contribution in [0.25, 0.3) is 10.9 Å². The first kappa shape index (κ1) is 27.9. The third kappa shape index (κ3) is 7.70. The summed E-state index contributed by atoms with van der Waals surface area (Å²) >= 11 is 0. The molecule has 0 N–H and O–H groups in total. The van der Waals surface area contributed by atoms with Gasteiger partial charge < -0.3 is 9.57 Å². The number of hydrogen-bond donors (Lipinski definition) is 0. The minimum Gasteiger partial charge on any atom is -0.465 e. The molecule has 4 aromatic rings. The van der Waals surface area contributed by atoms with E-state index in [1.807, 2.05) is 37.3 Å². The number of aryl methyl sites for hydroxylation is 1. The number of nitrogens with zero attached hydrogens (tertiary/aromatic N) is 1. The molecule has 0 saturated heterocycles. The van der Waals surface area contributed by atoms with E-state index in [-0.39, 0.29) is 11.8 Å². The Bertz CT molecular complexity index is 1410. The molecular formula is C34H37NO4. The van der Waals surface area contributed by atoms with Gasteiger partial charge in [-0.1, -0.05) is 63.2 Å². The molecule has 5 nitrogen and oxygen atoms in total. The average molecular weight is 524 g/mol. The van der Waals surface area contributed by atoms with Crippen LogP contribution in [0, 0.1) is 5.92 Å². The quantitative estimate of drug-likeness (QED) is 0.102. The van der Waals surface area contributed by atoms with Crippen molar-refractivity contribution in [3.8, 4) is 5.75 Å². The first-order valence-corrected chi connectivity index (χ1v) is 13.8. The maximum atomic E-state index is 13.3. The lowest BCUT2D eigenvalue weighted by Gasteiger charge is -2.06. The van der Waals surface area contributed by atoms with Gasteiger partial charge in [0.2, 0.25) is 0 Å². The Morgan fingerprint density at radius 1 is 0.923 bits per heavy atom. The van der Waals surface area contributed by atoms with E-state index < -0.39 is 0 Å². The molecule has 1 heterocycles. The Kier molecular flexibility index (Phi) is 9.74. The molecule has 0 unspecified atom stereocenters. The summed E-state index contributed by atoms with van der Waals surface area (Å²) in [5.74, 6) is 0.868. The van der Waals surface area contributed by atoms with Crippen LogP contribution < -0.4 is 9.57 Å². The highest BCUT2D eigenvalue weighted by Gasteiger charge is 2.18. The summed E-state index contributed by atoms with van der Waals surface area (Å²) in [6, 6.07) is 23.4. The second kappa shape index (κ2) is 13.6. The lowest BCUT2D eigenvalue weighted by molar-refractivity contribution is -0.143. The third-order valence-corrected chi connectivity index (χ3v) is 6.50. The first-order valence-electron chi connectivity index (χ1n) is 13.8. The number of carbonyl (C=O) groups excluding carboxylic acids is 2. The number of ketones is 1. The summed E-state index contributed by atoms with van der Waals surface area (Å²) in [5.41, 5.74) is 4.46. The van der Waals surface area contributed by atoms with Crippen molar-refractivity contribution in [1.82, 2.24) is 4.73 Å². The van der Waals surface area contributed by atoms with Gasteiger partial charge in [-0.25, -0.2) is 4.79 Å². The molecule has 0 aliphatic rings. The van der Waals surface area contributed by atoms with Crippen molar-refractivity contribution >= 4 is 22.7 Å². The number of aromatic nitrogens is 1. The van der Waals surface area contributed by atoms with Crippen molar-refractivity contribution in [1.29, 1.82) is 0 Å². The van der Waals surface area contributed by atoms with Gasteiger partial charge >= 0.3 is 5.97 Å². The molecule has 4 rings (SSSR count). The maximum absolute atomic E-state index is 13.3. The van der Waals surface area contributed by atoms with Crippen molar-refractivity contribution in [3.63, 3.8) is 0 Å². The monoisotopic (exact) mass is 523 g/mol. The second-order valence-electron chi connectivity index (χ2n) is 10.2. The molecule has 0 bridgehead atoms. The van der Waals surface area contributed by atoms with Gasteiger partial charge in [0.15, 0.2) is 5.78 Å². The second-order valence-corrected chi connectivity index (χ2v) is 10.2. The van der Waals surface area contributed by atoms with Gasteiger partial charge in [-0.15, -0.1) is 0 Å². The van der Waals surface area contributed by atoms with E-state index in [1.54, 1.807) is 36.7 Å². The number of fused-ring (bicyclic) bond motifs is 1. The normalized spacial score (nSPS) is 11.4. The number of hydrogen-bond acceptors (Lipinski definition) is 4. The van der Waals surface area contributed by atoms with Crippen molar-refractivity contribution in [3.05, 3.63) is 114 Å². The number of carbonyl (C=O) groups is 2. The van der Waals surface area contributed by atoms with Crippen LogP contribution in [0.5, 0.6) is 5.75 Å². The largest absolute Gasteiger partial charge is 0.465 e. The fraction of sp³-hybridized carbons (Fsp3) is 0.294.